The van der Waals surface area contributed by atoms with Crippen molar-refractivity contribution in [1.29, 1.82) is 0 Å². The Hall–Kier alpha value is -3.12. The number of hydrogen-bond acceptors (Lipinski definition) is 3. The molecule has 2 aromatic carbocycles. The Morgan fingerprint density at radius 3 is 2.81 bits per heavy atom. The van der Waals surface area contributed by atoms with E-state index in [1.54, 1.807) is 24.5 Å². The average molecular weight is 381 g/mol. The fraction of sp³-hybridized carbons (Fsp3) is 0.150. The maximum absolute atomic E-state index is 13.1. The monoisotopic (exact) mass is 380 g/mol. The molecule has 4 rings (SSSR count). The van der Waals surface area contributed by atoms with E-state index in [-0.39, 0.29) is 12.5 Å². The zero-order valence-electron chi connectivity index (χ0n) is 14.4. The number of urea groups is 1. The van der Waals surface area contributed by atoms with E-state index in [0.29, 0.717) is 17.3 Å². The van der Waals surface area contributed by atoms with Gasteiger partial charge in [0.25, 0.3) is 0 Å². The van der Waals surface area contributed by atoms with E-state index >= 15 is 0 Å². The van der Waals surface area contributed by atoms with E-state index < -0.39 is 11.9 Å². The van der Waals surface area contributed by atoms with Crippen LogP contribution in [0, 0.1) is 0 Å². The number of carbonyl (C=O) groups excluding carboxylic acids is 2. The highest BCUT2D eigenvalue weighted by Crippen LogP contribution is 2.32. The lowest BCUT2D eigenvalue weighted by Gasteiger charge is -2.33. The van der Waals surface area contributed by atoms with Gasteiger partial charge in [-0.15, -0.1) is 0 Å². The normalized spacial score (nSPS) is 16.0. The Bertz CT molecular complexity index is 1050. The predicted molar refractivity (Wildman–Crippen MR) is 105 cm³/mol. The standard InChI is InChI=1S/C20H17ClN4O2/c21-14-6-5-13-10-25(20(22)27)11-17(16(13)7-14)19(26)24-18-9-23-8-12-3-1-2-4-15(12)18/h1-9,17H,10-11H2,(H2,22,27)(H,24,26). The summed E-state index contributed by atoms with van der Waals surface area (Å²) in [6, 6.07) is 12.5. The van der Waals surface area contributed by atoms with Crippen LogP contribution in [0.2, 0.25) is 5.02 Å². The molecular formula is C20H17ClN4O2. The summed E-state index contributed by atoms with van der Waals surface area (Å²) in [4.78, 5) is 30.5. The predicted octanol–water partition coefficient (Wildman–Crippen LogP) is 3.50. The molecule has 0 saturated heterocycles. The van der Waals surface area contributed by atoms with E-state index in [1.165, 1.54) is 4.90 Å². The van der Waals surface area contributed by atoms with Crippen molar-refractivity contribution in [3.63, 3.8) is 0 Å². The van der Waals surface area contributed by atoms with E-state index in [9.17, 15) is 9.59 Å². The van der Waals surface area contributed by atoms with Gasteiger partial charge in [-0.2, -0.15) is 0 Å². The first-order valence-electron chi connectivity index (χ1n) is 8.49. The van der Waals surface area contributed by atoms with Gasteiger partial charge < -0.3 is 16.0 Å². The molecule has 27 heavy (non-hydrogen) atoms. The summed E-state index contributed by atoms with van der Waals surface area (Å²) < 4.78 is 0. The number of aromatic nitrogens is 1. The van der Waals surface area contributed by atoms with Gasteiger partial charge in [0.15, 0.2) is 0 Å². The van der Waals surface area contributed by atoms with Crippen LogP contribution in [-0.2, 0) is 11.3 Å². The summed E-state index contributed by atoms with van der Waals surface area (Å²) >= 11 is 6.14. The van der Waals surface area contributed by atoms with Crippen LogP contribution in [0.3, 0.4) is 0 Å². The van der Waals surface area contributed by atoms with Crippen LogP contribution in [0.5, 0.6) is 0 Å². The second kappa shape index (κ2) is 6.89. The highest BCUT2D eigenvalue weighted by Gasteiger charge is 2.32. The first kappa shape index (κ1) is 17.3. The molecule has 3 N–H and O–H groups in total. The number of nitrogens with two attached hydrogens (primary N) is 1. The summed E-state index contributed by atoms with van der Waals surface area (Å²) in [6.45, 7) is 0.564. The van der Waals surface area contributed by atoms with Gasteiger partial charge in [-0.3, -0.25) is 9.78 Å². The molecule has 136 valence electrons. The number of fused-ring (bicyclic) bond motifs is 2. The SMILES string of the molecule is NC(=O)N1Cc2ccc(Cl)cc2C(C(=O)Nc2cncc3ccccc23)C1. The number of hydrogen-bond donors (Lipinski definition) is 2. The highest BCUT2D eigenvalue weighted by atomic mass is 35.5. The van der Waals surface area contributed by atoms with Gasteiger partial charge in [0.2, 0.25) is 5.91 Å². The minimum absolute atomic E-state index is 0.201. The van der Waals surface area contributed by atoms with Crippen molar-refractivity contribution in [2.45, 2.75) is 12.5 Å². The minimum atomic E-state index is -0.570. The van der Waals surface area contributed by atoms with Crippen LogP contribution in [0.1, 0.15) is 17.0 Å². The van der Waals surface area contributed by atoms with Gasteiger partial charge in [-0.25, -0.2) is 4.79 Å². The number of rotatable bonds is 2. The molecule has 0 aliphatic carbocycles. The number of carbonyl (C=O) groups is 2. The molecule has 3 aromatic rings. The fourth-order valence-corrected chi connectivity index (χ4v) is 3.63. The molecular weight excluding hydrogens is 364 g/mol. The summed E-state index contributed by atoms with van der Waals surface area (Å²) in [7, 11) is 0. The van der Waals surface area contributed by atoms with Crippen LogP contribution in [0.15, 0.2) is 54.9 Å². The third-order valence-corrected chi connectivity index (χ3v) is 5.04. The molecule has 0 radical (unpaired) electrons. The average Bonchev–Trinajstić information content (AvgIpc) is 2.67. The number of halogens is 1. The van der Waals surface area contributed by atoms with Gasteiger partial charge in [0.1, 0.15) is 0 Å². The number of nitrogens with one attached hydrogen (secondary N) is 1. The molecule has 3 amide bonds. The number of primary amides is 1. The summed E-state index contributed by atoms with van der Waals surface area (Å²) in [5.41, 5.74) is 7.76. The smallest absolute Gasteiger partial charge is 0.315 e. The van der Waals surface area contributed by atoms with Crippen LogP contribution in [0.4, 0.5) is 10.5 Å². The molecule has 2 heterocycles. The third kappa shape index (κ3) is 3.31. The molecule has 1 aromatic heterocycles. The first-order valence-corrected chi connectivity index (χ1v) is 8.87. The molecule has 0 fully saturated rings. The third-order valence-electron chi connectivity index (χ3n) is 4.80. The van der Waals surface area contributed by atoms with E-state index in [0.717, 1.165) is 21.9 Å². The van der Waals surface area contributed by atoms with Crippen molar-refractivity contribution < 1.29 is 9.59 Å². The van der Waals surface area contributed by atoms with Crippen molar-refractivity contribution in [1.82, 2.24) is 9.88 Å². The lowest BCUT2D eigenvalue weighted by molar-refractivity contribution is -0.118. The van der Waals surface area contributed by atoms with Gasteiger partial charge >= 0.3 is 6.03 Å². The maximum atomic E-state index is 13.1. The zero-order valence-corrected chi connectivity index (χ0v) is 15.1. The Morgan fingerprint density at radius 1 is 1.19 bits per heavy atom. The molecule has 1 atom stereocenters. The van der Waals surface area contributed by atoms with E-state index in [2.05, 4.69) is 10.3 Å². The number of anilines is 1. The van der Waals surface area contributed by atoms with Crippen molar-refractivity contribution in [3.8, 4) is 0 Å². The largest absolute Gasteiger partial charge is 0.351 e. The first-order chi connectivity index (χ1) is 13.0. The Labute approximate surface area is 160 Å². The van der Waals surface area contributed by atoms with Crippen molar-refractivity contribution in [2.75, 3.05) is 11.9 Å². The molecule has 1 aliphatic rings. The fourth-order valence-electron chi connectivity index (χ4n) is 3.45. The lowest BCUT2D eigenvalue weighted by atomic mass is 9.89. The molecule has 7 heteroatoms. The lowest BCUT2D eigenvalue weighted by Crippen LogP contribution is -2.44. The van der Waals surface area contributed by atoms with Gasteiger partial charge in [0, 0.05) is 35.1 Å². The topological polar surface area (TPSA) is 88.3 Å². The summed E-state index contributed by atoms with van der Waals surface area (Å²) in [5.74, 6) is -0.804. The molecule has 1 unspecified atom stereocenters. The number of benzene rings is 2. The molecule has 0 bridgehead atoms. The molecule has 0 saturated carbocycles. The molecule has 6 nitrogen and oxygen atoms in total. The Kier molecular flexibility index (Phi) is 4.41. The highest BCUT2D eigenvalue weighted by molar-refractivity contribution is 6.30. The van der Waals surface area contributed by atoms with Crippen molar-refractivity contribution in [2.24, 2.45) is 5.73 Å². The van der Waals surface area contributed by atoms with Crippen molar-refractivity contribution in [3.05, 3.63) is 71.0 Å². The van der Waals surface area contributed by atoms with E-state index in [1.807, 2.05) is 30.3 Å². The minimum Gasteiger partial charge on any atom is -0.351 e. The maximum Gasteiger partial charge on any atom is 0.315 e. The number of amides is 3. The Morgan fingerprint density at radius 2 is 2.00 bits per heavy atom. The quantitative estimate of drug-likeness (QED) is 0.713. The number of pyridine rings is 1. The molecule has 0 spiro atoms. The zero-order chi connectivity index (χ0) is 19.0. The molecule has 1 aliphatic heterocycles. The van der Waals surface area contributed by atoms with Gasteiger partial charge in [0.05, 0.1) is 17.8 Å². The second-order valence-electron chi connectivity index (χ2n) is 6.51. The van der Waals surface area contributed by atoms with Gasteiger partial charge in [-0.1, -0.05) is 41.9 Å². The van der Waals surface area contributed by atoms with Crippen LogP contribution >= 0.6 is 11.6 Å². The van der Waals surface area contributed by atoms with Gasteiger partial charge in [-0.05, 0) is 23.3 Å². The van der Waals surface area contributed by atoms with Crippen LogP contribution in [-0.4, -0.2) is 28.4 Å². The van der Waals surface area contributed by atoms with E-state index in [4.69, 9.17) is 17.3 Å². The summed E-state index contributed by atoms with van der Waals surface area (Å²) in [5, 5.41) is 5.33. The number of nitrogens with zero attached hydrogens (tertiary/aromatic N) is 2. The Balaban J connectivity index is 1.70. The summed E-state index contributed by atoms with van der Waals surface area (Å²) in [6.07, 6.45) is 3.36. The van der Waals surface area contributed by atoms with Crippen LogP contribution < -0.4 is 11.1 Å². The van der Waals surface area contributed by atoms with Crippen LogP contribution in [0.25, 0.3) is 10.8 Å². The van der Waals surface area contributed by atoms with Crippen molar-refractivity contribution >= 4 is 40.0 Å². The second-order valence-corrected chi connectivity index (χ2v) is 6.95.